The Hall–Kier alpha value is -4.26. The molecule has 2 saturated heterocycles. The number of likely N-dealkylation sites (tertiary alicyclic amines) is 1. The predicted octanol–water partition coefficient (Wildman–Crippen LogP) is 0.929. The van der Waals surface area contributed by atoms with Gasteiger partial charge in [-0.1, -0.05) is 47.1 Å². The van der Waals surface area contributed by atoms with Crippen LogP contribution in [-0.2, 0) is 47.9 Å². The molecule has 17 nitrogen and oxygen atoms in total. The van der Waals surface area contributed by atoms with E-state index in [4.69, 9.17) is 0 Å². The Morgan fingerprint density at radius 2 is 1.24 bits per heavy atom. The van der Waals surface area contributed by atoms with Crippen LogP contribution in [0.15, 0.2) is 12.7 Å². The fourth-order valence-electron chi connectivity index (χ4n) is 6.72. The smallest absolute Gasteiger partial charge is 0.289 e. The van der Waals surface area contributed by atoms with Crippen molar-refractivity contribution in [1.82, 2.24) is 36.8 Å². The van der Waals surface area contributed by atoms with E-state index in [-0.39, 0.29) is 63.2 Å². The molecule has 0 saturated carbocycles. The van der Waals surface area contributed by atoms with E-state index in [0.29, 0.717) is 6.42 Å². The first kappa shape index (κ1) is 50.9. The number of carbonyl (C=O) groups excluding carboxylic acids is 10. The van der Waals surface area contributed by atoms with Crippen LogP contribution in [0.2, 0.25) is 0 Å². The highest BCUT2D eigenvalue weighted by Crippen LogP contribution is 2.52. The molecule has 2 heterocycles. The molecule has 2 fully saturated rings. The van der Waals surface area contributed by atoms with Gasteiger partial charge < -0.3 is 46.4 Å². The van der Waals surface area contributed by atoms with Crippen LogP contribution in [0.3, 0.4) is 0 Å². The molecule has 6 N–H and O–H groups in total. The minimum Gasteiger partial charge on any atom is -0.346 e. The second kappa shape index (κ2) is 24.1. The number of hydrogen-bond acceptors (Lipinski definition) is 12. The molecule has 330 valence electrons. The number of hydrogen-bond donors (Lipinski definition) is 6. The Bertz CT molecular complexity index is 1600. The van der Waals surface area contributed by atoms with Crippen molar-refractivity contribution in [2.24, 2.45) is 11.8 Å². The molecule has 6 atom stereocenters. The predicted molar refractivity (Wildman–Crippen MR) is 226 cm³/mol. The highest BCUT2D eigenvalue weighted by atomic mass is 32.2. The monoisotopic (exact) mass is 865 g/mol. The van der Waals surface area contributed by atoms with Crippen molar-refractivity contribution < 1.29 is 47.9 Å². The number of Topliss-reactive ketones (excluding diaryl/α,β-unsaturated/α-hetero) is 3. The van der Waals surface area contributed by atoms with E-state index in [0.717, 1.165) is 11.5 Å². The molecule has 2 rings (SSSR count). The maximum absolute atomic E-state index is 14.5. The molecule has 0 bridgehead atoms. The Morgan fingerprint density at radius 1 is 0.712 bits per heavy atom. The standard InChI is InChI=1S/C40H63N7O10S2/c1-10-12-27(33(51)38(56)41-17-11-2)43-36(54)30-20-40(58-18-19-59-40)21-47(30)39(57)32(23(5)6)46-37(55)31(22(3)4)45-35(53)29(16-14-25(8)49)44-34(52)28(42-26(9)50)15-13-24(7)48/h11,22-23,27-32H,2,10,12-21H2,1,3-9H3,(H,41,56)(H,42,50)(H,43,54)(H,44,52)(H,45,53)(H,46,55). The molecule has 7 amide bonds. The molecule has 0 aliphatic carbocycles. The zero-order valence-corrected chi connectivity index (χ0v) is 37.2. The van der Waals surface area contributed by atoms with E-state index in [1.165, 1.54) is 31.7 Å². The first-order chi connectivity index (χ1) is 27.7. The van der Waals surface area contributed by atoms with Crippen LogP contribution in [0.25, 0.3) is 0 Å². The fraction of sp³-hybridized carbons (Fsp3) is 0.700. The number of amides is 7. The number of carbonyl (C=O) groups is 10. The first-order valence-corrected chi connectivity index (χ1v) is 22.1. The van der Waals surface area contributed by atoms with Crippen LogP contribution >= 0.6 is 23.5 Å². The number of thioether (sulfide) groups is 2. The lowest BCUT2D eigenvalue weighted by atomic mass is 9.98. The molecule has 1 spiro atoms. The van der Waals surface area contributed by atoms with E-state index in [1.807, 2.05) is 6.92 Å². The summed E-state index contributed by atoms with van der Waals surface area (Å²) in [6.07, 6.45) is 2.16. The first-order valence-electron chi connectivity index (χ1n) is 20.2. The summed E-state index contributed by atoms with van der Waals surface area (Å²) in [5, 5.41) is 15.7. The lowest BCUT2D eigenvalue weighted by Crippen LogP contribution is -2.61. The van der Waals surface area contributed by atoms with Gasteiger partial charge in [0.25, 0.3) is 5.91 Å². The molecule has 2 aliphatic rings. The Kier molecular flexibility index (Phi) is 20.8. The van der Waals surface area contributed by atoms with Gasteiger partial charge in [-0.15, -0.1) is 30.1 Å². The van der Waals surface area contributed by atoms with E-state index >= 15 is 0 Å². The minimum atomic E-state index is -1.30. The molecule has 0 radical (unpaired) electrons. The molecular formula is C40H63N7O10S2. The van der Waals surface area contributed by atoms with Crippen LogP contribution < -0.4 is 31.9 Å². The van der Waals surface area contributed by atoms with Crippen molar-refractivity contribution in [3.05, 3.63) is 12.7 Å². The van der Waals surface area contributed by atoms with E-state index < -0.39 is 99.3 Å². The quantitative estimate of drug-likeness (QED) is 0.0587. The molecule has 6 unspecified atom stereocenters. The Labute approximate surface area is 355 Å². The summed E-state index contributed by atoms with van der Waals surface area (Å²) in [5.41, 5.74) is 0. The van der Waals surface area contributed by atoms with E-state index in [1.54, 1.807) is 51.2 Å². The van der Waals surface area contributed by atoms with Crippen LogP contribution in [0, 0.1) is 11.8 Å². The third kappa shape index (κ3) is 15.7. The summed E-state index contributed by atoms with van der Waals surface area (Å²) < 4.78 is -0.492. The molecular weight excluding hydrogens is 803 g/mol. The van der Waals surface area contributed by atoms with Gasteiger partial charge in [0.1, 0.15) is 41.8 Å². The van der Waals surface area contributed by atoms with Gasteiger partial charge in [0, 0.05) is 50.8 Å². The van der Waals surface area contributed by atoms with Crippen LogP contribution in [-0.4, -0.2) is 129 Å². The van der Waals surface area contributed by atoms with Crippen LogP contribution in [0.1, 0.15) is 100 Å². The fourth-order valence-corrected chi connectivity index (χ4v) is 9.98. The number of nitrogens with zero attached hydrogens (tertiary/aromatic N) is 1. The molecule has 59 heavy (non-hydrogen) atoms. The summed E-state index contributed by atoms with van der Waals surface area (Å²) in [4.78, 5) is 132. The topological polar surface area (TPSA) is 246 Å². The van der Waals surface area contributed by atoms with Crippen molar-refractivity contribution in [1.29, 1.82) is 0 Å². The highest BCUT2D eigenvalue weighted by molar-refractivity contribution is 8.21. The van der Waals surface area contributed by atoms with E-state index in [9.17, 15) is 47.9 Å². The van der Waals surface area contributed by atoms with E-state index in [2.05, 4.69) is 38.5 Å². The zero-order valence-electron chi connectivity index (χ0n) is 35.5. The number of rotatable bonds is 24. The minimum absolute atomic E-state index is 0.0102. The van der Waals surface area contributed by atoms with Gasteiger partial charge >= 0.3 is 0 Å². The summed E-state index contributed by atoms with van der Waals surface area (Å²) in [7, 11) is 0. The summed E-state index contributed by atoms with van der Waals surface area (Å²) in [6.45, 7) is 16.3. The van der Waals surface area contributed by atoms with Gasteiger partial charge in [-0.25, -0.2) is 0 Å². The van der Waals surface area contributed by atoms with Crippen molar-refractivity contribution in [2.75, 3.05) is 24.6 Å². The van der Waals surface area contributed by atoms with Crippen LogP contribution in [0.4, 0.5) is 0 Å². The largest absolute Gasteiger partial charge is 0.346 e. The summed E-state index contributed by atoms with van der Waals surface area (Å²) in [5.74, 6) is -5.40. The van der Waals surface area contributed by atoms with Crippen molar-refractivity contribution in [3.8, 4) is 0 Å². The van der Waals surface area contributed by atoms with Crippen molar-refractivity contribution in [3.63, 3.8) is 0 Å². The normalized spacial score (nSPS) is 18.2. The zero-order chi connectivity index (χ0) is 44.6. The lowest BCUT2D eigenvalue weighted by molar-refractivity contribution is -0.144. The SMILES string of the molecule is C=CCNC(=O)C(=O)C(CCC)NC(=O)C1CC2(CN1C(=O)C(NC(=O)C(NC(=O)C(CCC(C)=O)NC(=O)C(CCC(C)=O)NC(C)=O)C(C)C)C(C)C)SCCS2. The van der Waals surface area contributed by atoms with Gasteiger partial charge in [-0.2, -0.15) is 0 Å². The molecule has 0 aromatic rings. The van der Waals surface area contributed by atoms with Gasteiger partial charge in [-0.3, -0.25) is 38.4 Å². The van der Waals surface area contributed by atoms with Gasteiger partial charge in [0.15, 0.2) is 0 Å². The second-order valence-corrected chi connectivity index (χ2v) is 19.0. The van der Waals surface area contributed by atoms with Gasteiger partial charge in [0.2, 0.25) is 41.2 Å². The third-order valence-electron chi connectivity index (χ3n) is 9.91. The summed E-state index contributed by atoms with van der Waals surface area (Å²) >= 11 is 3.28. The average molecular weight is 866 g/mol. The average Bonchev–Trinajstić information content (AvgIpc) is 3.79. The molecule has 2 aliphatic heterocycles. The maximum Gasteiger partial charge on any atom is 0.289 e. The number of nitrogens with one attached hydrogen (secondary N) is 6. The third-order valence-corrected chi connectivity index (χ3v) is 13.3. The maximum atomic E-state index is 14.5. The molecule has 19 heteroatoms. The second-order valence-electron chi connectivity index (χ2n) is 15.8. The Morgan fingerprint density at radius 3 is 1.73 bits per heavy atom. The van der Waals surface area contributed by atoms with Crippen LogP contribution in [0.5, 0.6) is 0 Å². The van der Waals surface area contributed by atoms with Crippen molar-refractivity contribution in [2.45, 2.75) is 141 Å². The van der Waals surface area contributed by atoms with Crippen molar-refractivity contribution >= 4 is 82.2 Å². The number of ketones is 3. The Balaban J connectivity index is 2.36. The van der Waals surface area contributed by atoms with Gasteiger partial charge in [0.05, 0.1) is 10.1 Å². The molecule has 0 aromatic carbocycles. The highest BCUT2D eigenvalue weighted by Gasteiger charge is 2.53. The molecule has 0 aromatic heterocycles. The summed E-state index contributed by atoms with van der Waals surface area (Å²) in [6, 6.07) is -6.92. The van der Waals surface area contributed by atoms with Gasteiger partial charge in [-0.05, 0) is 44.9 Å². The lowest BCUT2D eigenvalue weighted by Gasteiger charge is -2.33.